The van der Waals surface area contributed by atoms with Gasteiger partial charge in [-0.25, -0.2) is 0 Å². The highest BCUT2D eigenvalue weighted by atomic mass is 32.2. The molecule has 0 atom stereocenters. The smallest absolute Gasteiger partial charge is 0.378 e. The molecular formula is C15H7F17O3S. The third-order valence-electron chi connectivity index (χ3n) is 4.23. The first kappa shape index (κ1) is 31.8. The van der Waals surface area contributed by atoms with Crippen molar-refractivity contribution in [3.63, 3.8) is 0 Å². The van der Waals surface area contributed by atoms with Crippen LogP contribution in [0.15, 0.2) is 24.3 Å². The molecule has 0 N–H and O–H groups in total. The zero-order valence-corrected chi connectivity index (χ0v) is 17.2. The van der Waals surface area contributed by atoms with Crippen LogP contribution in [0.4, 0.5) is 74.6 Å². The van der Waals surface area contributed by atoms with Gasteiger partial charge in [0.1, 0.15) is 5.75 Å². The largest absolute Gasteiger partial charge is 0.460 e. The summed E-state index contributed by atoms with van der Waals surface area (Å²) in [5.41, 5.74) is 0.210. The molecule has 0 bridgehead atoms. The number of halogens is 17. The van der Waals surface area contributed by atoms with E-state index in [1.807, 2.05) is 0 Å². The highest BCUT2D eigenvalue weighted by Crippen LogP contribution is 2.64. The van der Waals surface area contributed by atoms with Crippen LogP contribution in [0.1, 0.15) is 5.56 Å². The van der Waals surface area contributed by atoms with E-state index in [9.17, 15) is 83.1 Å². The summed E-state index contributed by atoms with van der Waals surface area (Å²) in [5, 5.41) is -7.71. The van der Waals surface area contributed by atoms with Crippen molar-refractivity contribution in [2.45, 2.75) is 53.9 Å². The SMILES string of the molecule is Cc1ccc(OS(=O)(=O)C(F)(F)C(F)(F)C(F)(F)C(F)(F)C(F)(F)C(F)(F)C(F)(F)C(F)(F)F)cc1. The molecule has 0 radical (unpaired) electrons. The first-order valence-corrected chi connectivity index (χ1v) is 9.60. The predicted molar refractivity (Wildman–Crippen MR) is 81.4 cm³/mol. The number of hydrogen-bond donors (Lipinski definition) is 0. The first-order valence-electron chi connectivity index (χ1n) is 8.19. The predicted octanol–water partition coefficient (Wildman–Crippen LogP) is 6.67. The number of rotatable bonds is 9. The Balaban J connectivity index is 3.68. The van der Waals surface area contributed by atoms with E-state index in [2.05, 4.69) is 4.18 Å². The molecule has 0 aliphatic heterocycles. The molecule has 1 aromatic carbocycles. The van der Waals surface area contributed by atoms with Crippen LogP contribution in [0.3, 0.4) is 0 Å². The molecule has 3 nitrogen and oxygen atoms in total. The summed E-state index contributed by atoms with van der Waals surface area (Å²) in [6.45, 7) is 1.27. The minimum absolute atomic E-state index is 0.210. The molecule has 0 amide bonds. The van der Waals surface area contributed by atoms with Gasteiger partial charge >= 0.3 is 57.1 Å². The van der Waals surface area contributed by atoms with E-state index in [4.69, 9.17) is 0 Å². The summed E-state index contributed by atoms with van der Waals surface area (Å²) in [4.78, 5) is 0. The van der Waals surface area contributed by atoms with Crippen molar-refractivity contribution < 1.29 is 87.2 Å². The molecule has 0 aromatic heterocycles. The summed E-state index contributed by atoms with van der Waals surface area (Å²) < 4.78 is 250. The molecule has 0 fully saturated rings. The fourth-order valence-electron chi connectivity index (χ4n) is 2.08. The molecule has 0 heterocycles. The molecule has 210 valence electrons. The lowest BCUT2D eigenvalue weighted by Gasteiger charge is -2.42. The van der Waals surface area contributed by atoms with E-state index in [0.29, 0.717) is 12.1 Å². The topological polar surface area (TPSA) is 43.4 Å². The van der Waals surface area contributed by atoms with Gasteiger partial charge in [0.05, 0.1) is 0 Å². The molecule has 21 heteroatoms. The van der Waals surface area contributed by atoms with Crippen molar-refractivity contribution >= 4 is 10.1 Å². The lowest BCUT2D eigenvalue weighted by molar-refractivity contribution is -0.458. The summed E-state index contributed by atoms with van der Waals surface area (Å²) in [6, 6.07) is 2.46. The van der Waals surface area contributed by atoms with Crippen molar-refractivity contribution in [3.8, 4) is 5.75 Å². The fourth-order valence-corrected chi connectivity index (χ4v) is 2.99. The maximum Gasteiger partial charge on any atom is 0.460 e. The molecule has 0 saturated carbocycles. The van der Waals surface area contributed by atoms with Gasteiger partial charge in [-0.1, -0.05) is 17.7 Å². The number of aryl methyl sites for hydroxylation is 1. The Labute approximate surface area is 187 Å². The van der Waals surface area contributed by atoms with Crippen molar-refractivity contribution in [1.29, 1.82) is 0 Å². The Morgan fingerprint density at radius 1 is 0.528 bits per heavy atom. The molecule has 36 heavy (non-hydrogen) atoms. The fraction of sp³-hybridized carbons (Fsp3) is 0.600. The summed E-state index contributed by atoms with van der Waals surface area (Å²) in [6.07, 6.45) is -7.89. The van der Waals surface area contributed by atoms with Crippen LogP contribution in [0.25, 0.3) is 0 Å². The van der Waals surface area contributed by atoms with E-state index in [0.717, 1.165) is 12.1 Å². The Morgan fingerprint density at radius 2 is 0.833 bits per heavy atom. The average Bonchev–Trinajstić information content (AvgIpc) is 2.67. The van der Waals surface area contributed by atoms with Crippen LogP contribution in [-0.2, 0) is 10.1 Å². The van der Waals surface area contributed by atoms with Crippen LogP contribution in [0.2, 0.25) is 0 Å². The van der Waals surface area contributed by atoms with E-state index in [1.54, 1.807) is 0 Å². The number of benzene rings is 1. The first-order chi connectivity index (χ1) is 15.5. The normalized spacial score (nSPS) is 15.7. The third-order valence-corrected chi connectivity index (χ3v) is 5.53. The second kappa shape index (κ2) is 8.40. The molecule has 1 rings (SSSR count). The van der Waals surface area contributed by atoms with Gasteiger partial charge in [-0.05, 0) is 19.1 Å². The maximum atomic E-state index is 13.8. The minimum atomic E-state index is -8.88. The Morgan fingerprint density at radius 3 is 1.17 bits per heavy atom. The van der Waals surface area contributed by atoms with Crippen LogP contribution < -0.4 is 4.18 Å². The zero-order valence-electron chi connectivity index (χ0n) is 16.4. The van der Waals surface area contributed by atoms with Crippen molar-refractivity contribution in [2.24, 2.45) is 0 Å². The van der Waals surface area contributed by atoms with Gasteiger partial charge in [0.2, 0.25) is 0 Å². The van der Waals surface area contributed by atoms with Gasteiger partial charge < -0.3 is 4.18 Å². The highest BCUT2D eigenvalue weighted by Gasteiger charge is 2.96. The number of hydrogen-bond acceptors (Lipinski definition) is 3. The van der Waals surface area contributed by atoms with Gasteiger partial charge in [0, 0.05) is 0 Å². The lowest BCUT2D eigenvalue weighted by Crippen LogP contribution is -2.75. The van der Waals surface area contributed by atoms with Gasteiger partial charge in [0.25, 0.3) is 0 Å². The van der Waals surface area contributed by atoms with Gasteiger partial charge in [-0.2, -0.15) is 83.1 Å². The van der Waals surface area contributed by atoms with Gasteiger partial charge in [-0.15, -0.1) is 0 Å². The standard InChI is InChI=1S/C15H7F17O3S/c1-6-2-4-7(5-3-6)35-36(33,34)15(31,32)13(26,27)11(22,23)9(18,19)8(16,17)10(20,21)12(24,25)14(28,29)30/h2-5H,1H3. The van der Waals surface area contributed by atoms with E-state index >= 15 is 0 Å². The average molecular weight is 590 g/mol. The third kappa shape index (κ3) is 4.19. The highest BCUT2D eigenvalue weighted by molar-refractivity contribution is 7.88. The summed E-state index contributed by atoms with van der Waals surface area (Å²) in [7, 11) is -7.62. The van der Waals surface area contributed by atoms with Gasteiger partial charge in [-0.3, -0.25) is 0 Å². The van der Waals surface area contributed by atoms with Gasteiger partial charge in [0.15, 0.2) is 0 Å². The van der Waals surface area contributed by atoms with Crippen LogP contribution in [0, 0.1) is 6.92 Å². The van der Waals surface area contributed by atoms with E-state index < -0.39 is 62.8 Å². The Hall–Kier alpha value is -2.22. The second-order valence-electron chi connectivity index (χ2n) is 6.81. The van der Waals surface area contributed by atoms with Crippen LogP contribution in [-0.4, -0.2) is 55.4 Å². The molecule has 1 aromatic rings. The number of alkyl halides is 17. The monoisotopic (exact) mass is 590 g/mol. The quantitative estimate of drug-likeness (QED) is 0.239. The summed E-state index contributed by atoms with van der Waals surface area (Å²) >= 11 is 0. The van der Waals surface area contributed by atoms with Crippen molar-refractivity contribution in [2.75, 3.05) is 0 Å². The van der Waals surface area contributed by atoms with E-state index in [-0.39, 0.29) is 5.56 Å². The molecule has 0 aliphatic rings. The van der Waals surface area contributed by atoms with Crippen molar-refractivity contribution in [3.05, 3.63) is 29.8 Å². The van der Waals surface area contributed by atoms with Crippen LogP contribution >= 0.6 is 0 Å². The molecule has 0 unspecified atom stereocenters. The van der Waals surface area contributed by atoms with E-state index in [1.165, 1.54) is 6.92 Å². The lowest BCUT2D eigenvalue weighted by atomic mass is 9.91. The second-order valence-corrected chi connectivity index (χ2v) is 8.40. The van der Waals surface area contributed by atoms with Crippen LogP contribution in [0.5, 0.6) is 5.75 Å². The molecule has 0 saturated heterocycles. The molecule has 0 aliphatic carbocycles. The Bertz CT molecular complexity index is 1060. The molecule has 0 spiro atoms. The minimum Gasteiger partial charge on any atom is -0.378 e. The zero-order chi connectivity index (χ0) is 29.2. The molecular weight excluding hydrogens is 583 g/mol. The Kier molecular flexibility index (Phi) is 7.42. The maximum absolute atomic E-state index is 13.8. The summed E-state index contributed by atoms with van der Waals surface area (Å²) in [5.74, 6) is -53.3. The van der Waals surface area contributed by atoms with Crippen molar-refractivity contribution in [1.82, 2.24) is 0 Å².